The van der Waals surface area contributed by atoms with Gasteiger partial charge < -0.3 is 9.52 Å². The lowest BCUT2D eigenvalue weighted by molar-refractivity contribution is 0.0932. The Kier molecular flexibility index (Phi) is 4.35. The van der Waals surface area contributed by atoms with Gasteiger partial charge in [-0.25, -0.2) is 0 Å². The Balaban J connectivity index is 2.04. The molecule has 2 rings (SSSR count). The van der Waals surface area contributed by atoms with Gasteiger partial charge in [-0.05, 0) is 26.5 Å². The smallest absolute Gasteiger partial charge is 0.180 e. The van der Waals surface area contributed by atoms with Gasteiger partial charge in [0, 0.05) is 11.9 Å². The predicted molar refractivity (Wildman–Crippen MR) is 74.3 cm³/mol. The van der Waals surface area contributed by atoms with Gasteiger partial charge in [-0.2, -0.15) is 0 Å². The first-order chi connectivity index (χ1) is 9.08. The highest BCUT2D eigenvalue weighted by atomic mass is 16.3. The summed E-state index contributed by atoms with van der Waals surface area (Å²) in [6.07, 6.45) is 1.85. The largest absolute Gasteiger partial charge is 0.464 e. The number of ketones is 1. The average Bonchev–Trinajstić information content (AvgIpc) is 2.80. The Morgan fingerprint density at radius 3 is 2.89 bits per heavy atom. The lowest BCUT2D eigenvalue weighted by Gasteiger charge is -2.16. The van der Waals surface area contributed by atoms with E-state index in [4.69, 9.17) is 4.42 Å². The summed E-state index contributed by atoms with van der Waals surface area (Å²) >= 11 is 0. The number of nitrogens with zero attached hydrogens (tertiary/aromatic N) is 1. The second-order valence-corrected chi connectivity index (χ2v) is 4.94. The third kappa shape index (κ3) is 3.43. The molecule has 1 unspecified atom stereocenters. The first-order valence-corrected chi connectivity index (χ1v) is 6.44. The Hall–Kier alpha value is -1.65. The minimum absolute atomic E-state index is 0.0399. The number of para-hydroxylation sites is 1. The number of rotatable bonds is 6. The number of aliphatic hydroxyl groups excluding tert-OH is 1. The molecule has 0 saturated heterocycles. The van der Waals surface area contributed by atoms with Crippen molar-refractivity contribution in [2.45, 2.75) is 19.4 Å². The van der Waals surface area contributed by atoms with Crippen LogP contribution in [-0.4, -0.2) is 42.0 Å². The van der Waals surface area contributed by atoms with Gasteiger partial charge in [-0.15, -0.1) is 0 Å². The van der Waals surface area contributed by atoms with Crippen molar-refractivity contribution >= 4 is 16.8 Å². The molecule has 0 bridgehead atoms. The fourth-order valence-corrected chi connectivity index (χ4v) is 2.01. The van der Waals surface area contributed by atoms with Crippen molar-refractivity contribution in [1.29, 1.82) is 0 Å². The molecule has 0 fully saturated rings. The number of aliphatic hydroxyl groups is 1. The molecule has 0 amide bonds. The maximum absolute atomic E-state index is 12.2. The van der Waals surface area contributed by atoms with Crippen LogP contribution in [0, 0.1) is 0 Å². The number of fused-ring (bicyclic) bond motifs is 1. The molecule has 1 aromatic heterocycles. The molecule has 19 heavy (non-hydrogen) atoms. The van der Waals surface area contributed by atoms with E-state index in [1.54, 1.807) is 6.92 Å². The maximum Gasteiger partial charge on any atom is 0.180 e. The van der Waals surface area contributed by atoms with Crippen molar-refractivity contribution in [2.24, 2.45) is 0 Å². The van der Waals surface area contributed by atoms with Crippen molar-refractivity contribution in [3.63, 3.8) is 0 Å². The summed E-state index contributed by atoms with van der Waals surface area (Å²) in [5.74, 6) is 0.0399. The SMILES string of the molecule is CC(O)CCN(C)CC(=O)c1coc2ccccc12. The number of carbonyl (C=O) groups excluding carboxylic acids is 1. The molecular formula is C15H19NO3. The third-order valence-corrected chi connectivity index (χ3v) is 3.12. The molecule has 102 valence electrons. The molecule has 0 radical (unpaired) electrons. The van der Waals surface area contributed by atoms with Crippen LogP contribution in [0.4, 0.5) is 0 Å². The summed E-state index contributed by atoms with van der Waals surface area (Å²) in [5, 5.41) is 10.1. The van der Waals surface area contributed by atoms with Gasteiger partial charge in [0.05, 0.1) is 18.2 Å². The first-order valence-electron chi connectivity index (χ1n) is 6.44. The Labute approximate surface area is 112 Å². The molecule has 0 aliphatic carbocycles. The Morgan fingerprint density at radius 2 is 2.16 bits per heavy atom. The van der Waals surface area contributed by atoms with Crippen molar-refractivity contribution in [2.75, 3.05) is 20.1 Å². The van der Waals surface area contributed by atoms with Crippen LogP contribution < -0.4 is 0 Å². The minimum atomic E-state index is -0.340. The van der Waals surface area contributed by atoms with E-state index in [0.29, 0.717) is 25.1 Å². The highest BCUT2D eigenvalue weighted by Gasteiger charge is 2.15. The second-order valence-electron chi connectivity index (χ2n) is 4.94. The van der Waals surface area contributed by atoms with Crippen molar-refractivity contribution in [3.05, 3.63) is 36.1 Å². The number of hydrogen-bond donors (Lipinski definition) is 1. The van der Waals surface area contributed by atoms with Gasteiger partial charge >= 0.3 is 0 Å². The van der Waals surface area contributed by atoms with E-state index < -0.39 is 0 Å². The summed E-state index contributed by atoms with van der Waals surface area (Å²) in [5.41, 5.74) is 1.36. The van der Waals surface area contributed by atoms with E-state index in [9.17, 15) is 9.90 Å². The van der Waals surface area contributed by atoms with Crippen LogP contribution in [0.25, 0.3) is 11.0 Å². The predicted octanol–water partition coefficient (Wildman–Crippen LogP) is 2.32. The number of hydrogen-bond acceptors (Lipinski definition) is 4. The number of furan rings is 1. The van der Waals surface area contributed by atoms with E-state index in [1.807, 2.05) is 36.2 Å². The van der Waals surface area contributed by atoms with Crippen molar-refractivity contribution in [3.8, 4) is 0 Å². The molecule has 4 nitrogen and oxygen atoms in total. The zero-order valence-corrected chi connectivity index (χ0v) is 11.3. The normalized spacial score (nSPS) is 13.1. The molecule has 0 spiro atoms. The molecular weight excluding hydrogens is 242 g/mol. The Morgan fingerprint density at radius 1 is 1.42 bits per heavy atom. The van der Waals surface area contributed by atoms with Crippen LogP contribution in [0.1, 0.15) is 23.7 Å². The molecule has 0 aliphatic rings. The van der Waals surface area contributed by atoms with Gasteiger partial charge in [0.25, 0.3) is 0 Å². The van der Waals surface area contributed by atoms with Crippen LogP contribution in [0.15, 0.2) is 34.9 Å². The van der Waals surface area contributed by atoms with Crippen LogP contribution in [0.5, 0.6) is 0 Å². The lowest BCUT2D eigenvalue weighted by Crippen LogP contribution is -2.28. The summed E-state index contributed by atoms with van der Waals surface area (Å²) < 4.78 is 5.37. The molecule has 0 aliphatic heterocycles. The van der Waals surface area contributed by atoms with Gasteiger partial charge in [-0.1, -0.05) is 18.2 Å². The summed E-state index contributed by atoms with van der Waals surface area (Å²) in [6, 6.07) is 7.52. The van der Waals surface area contributed by atoms with Crippen LogP contribution in [0.3, 0.4) is 0 Å². The monoisotopic (exact) mass is 261 g/mol. The highest BCUT2D eigenvalue weighted by molar-refractivity contribution is 6.08. The van der Waals surface area contributed by atoms with E-state index >= 15 is 0 Å². The van der Waals surface area contributed by atoms with Gasteiger partial charge in [0.15, 0.2) is 5.78 Å². The van der Waals surface area contributed by atoms with Gasteiger partial charge in [0.2, 0.25) is 0 Å². The van der Waals surface area contributed by atoms with Crippen molar-refractivity contribution in [1.82, 2.24) is 4.90 Å². The molecule has 1 heterocycles. The first kappa shape index (κ1) is 13.8. The summed E-state index contributed by atoms with van der Waals surface area (Å²) in [7, 11) is 1.88. The summed E-state index contributed by atoms with van der Waals surface area (Å²) in [6.45, 7) is 2.77. The summed E-state index contributed by atoms with van der Waals surface area (Å²) in [4.78, 5) is 14.1. The van der Waals surface area contributed by atoms with Crippen molar-refractivity contribution < 1.29 is 14.3 Å². The molecule has 1 atom stereocenters. The van der Waals surface area contributed by atoms with Crippen LogP contribution in [0.2, 0.25) is 0 Å². The molecule has 2 aromatic rings. The average molecular weight is 261 g/mol. The zero-order chi connectivity index (χ0) is 13.8. The maximum atomic E-state index is 12.2. The minimum Gasteiger partial charge on any atom is -0.464 e. The van der Waals surface area contributed by atoms with E-state index in [-0.39, 0.29) is 11.9 Å². The standard InChI is InChI=1S/C15H19NO3/c1-11(17)7-8-16(2)9-14(18)13-10-19-15-6-4-3-5-12(13)15/h3-6,10-11,17H,7-9H2,1-2H3. The molecule has 4 heteroatoms. The molecule has 0 saturated carbocycles. The van der Waals surface area contributed by atoms with Crippen LogP contribution in [-0.2, 0) is 0 Å². The number of likely N-dealkylation sites (N-methyl/N-ethyl adjacent to an activating group) is 1. The van der Waals surface area contributed by atoms with Gasteiger partial charge in [0.1, 0.15) is 11.8 Å². The number of benzene rings is 1. The topological polar surface area (TPSA) is 53.7 Å². The Bertz CT molecular complexity index is 559. The fraction of sp³-hybridized carbons (Fsp3) is 0.400. The zero-order valence-electron chi connectivity index (χ0n) is 11.3. The lowest BCUT2D eigenvalue weighted by atomic mass is 10.1. The van der Waals surface area contributed by atoms with E-state index in [1.165, 1.54) is 6.26 Å². The molecule has 1 aromatic carbocycles. The highest BCUT2D eigenvalue weighted by Crippen LogP contribution is 2.21. The van der Waals surface area contributed by atoms with Gasteiger partial charge in [-0.3, -0.25) is 9.69 Å². The quantitative estimate of drug-likeness (QED) is 0.811. The number of carbonyl (C=O) groups is 1. The van der Waals surface area contributed by atoms with E-state index in [0.717, 1.165) is 11.0 Å². The third-order valence-electron chi connectivity index (χ3n) is 3.12. The second kappa shape index (κ2) is 5.99. The number of Topliss-reactive ketones (excluding diaryl/α,β-unsaturated/α-hetero) is 1. The van der Waals surface area contributed by atoms with Crippen LogP contribution >= 0.6 is 0 Å². The van der Waals surface area contributed by atoms with E-state index in [2.05, 4.69) is 0 Å². The fourth-order valence-electron chi connectivity index (χ4n) is 2.01. The molecule has 1 N–H and O–H groups in total.